The Bertz CT molecular complexity index is 577. The highest BCUT2D eigenvalue weighted by molar-refractivity contribution is 7.18. The summed E-state index contributed by atoms with van der Waals surface area (Å²) in [6.45, 7) is 9.50. The van der Waals surface area contributed by atoms with E-state index in [-0.39, 0.29) is 12.0 Å². The molecule has 0 bridgehead atoms. The summed E-state index contributed by atoms with van der Waals surface area (Å²) in [4.78, 5) is 11.0. The minimum Gasteiger partial charge on any atom is -0.396 e. The molecule has 0 spiro atoms. The molecule has 0 aromatic carbocycles. The molecule has 5 heteroatoms. The number of aliphatic hydroxyl groups is 1. The van der Waals surface area contributed by atoms with Crippen LogP contribution in [0.15, 0.2) is 6.33 Å². The number of nitrogens with zero attached hydrogens (tertiary/aromatic N) is 2. The Morgan fingerprint density at radius 2 is 2.05 bits per heavy atom. The molecule has 104 valence electrons. The standard InChI is InChI=1S/C14H21N3OS/c1-9-10(2)19-13-11(9)12(16-8-17-13)15-7-14(3,4)5-6-18/h8,18H,5-7H2,1-4H3,(H,15,16,17). The maximum Gasteiger partial charge on any atom is 0.138 e. The fraction of sp³-hybridized carbons (Fsp3) is 0.571. The van der Waals surface area contributed by atoms with Gasteiger partial charge in [0.15, 0.2) is 0 Å². The topological polar surface area (TPSA) is 58.0 Å². The Morgan fingerprint density at radius 1 is 1.32 bits per heavy atom. The summed E-state index contributed by atoms with van der Waals surface area (Å²) >= 11 is 1.71. The van der Waals surface area contributed by atoms with E-state index in [2.05, 4.69) is 43.0 Å². The molecule has 2 heterocycles. The second-order valence-corrected chi connectivity index (χ2v) is 6.88. The van der Waals surface area contributed by atoms with Gasteiger partial charge in [0.1, 0.15) is 17.0 Å². The number of aliphatic hydroxyl groups excluding tert-OH is 1. The Labute approximate surface area is 117 Å². The molecular formula is C14H21N3OS. The third kappa shape index (κ3) is 3.04. The van der Waals surface area contributed by atoms with Crippen LogP contribution in [0.4, 0.5) is 5.82 Å². The van der Waals surface area contributed by atoms with Crippen LogP contribution in [0.3, 0.4) is 0 Å². The Hall–Kier alpha value is -1.20. The van der Waals surface area contributed by atoms with Gasteiger partial charge >= 0.3 is 0 Å². The largest absolute Gasteiger partial charge is 0.396 e. The monoisotopic (exact) mass is 279 g/mol. The van der Waals surface area contributed by atoms with Crippen molar-refractivity contribution in [2.24, 2.45) is 5.41 Å². The molecule has 0 atom stereocenters. The van der Waals surface area contributed by atoms with Crippen molar-refractivity contribution in [1.29, 1.82) is 0 Å². The first-order valence-electron chi connectivity index (χ1n) is 6.50. The number of anilines is 1. The van der Waals surface area contributed by atoms with Crippen molar-refractivity contribution >= 4 is 27.4 Å². The van der Waals surface area contributed by atoms with Crippen molar-refractivity contribution in [3.63, 3.8) is 0 Å². The molecule has 0 amide bonds. The fourth-order valence-electron chi connectivity index (χ4n) is 2.03. The van der Waals surface area contributed by atoms with Gasteiger partial charge in [-0.05, 0) is 31.2 Å². The quantitative estimate of drug-likeness (QED) is 0.883. The summed E-state index contributed by atoms with van der Waals surface area (Å²) in [5, 5.41) is 13.6. The highest BCUT2D eigenvalue weighted by Crippen LogP contribution is 2.33. The van der Waals surface area contributed by atoms with Crippen LogP contribution in [0, 0.1) is 19.3 Å². The van der Waals surface area contributed by atoms with E-state index < -0.39 is 0 Å². The van der Waals surface area contributed by atoms with Gasteiger partial charge in [0.2, 0.25) is 0 Å². The van der Waals surface area contributed by atoms with Gasteiger partial charge in [-0.3, -0.25) is 0 Å². The lowest BCUT2D eigenvalue weighted by Gasteiger charge is -2.24. The Morgan fingerprint density at radius 3 is 2.74 bits per heavy atom. The van der Waals surface area contributed by atoms with Crippen LogP contribution >= 0.6 is 11.3 Å². The zero-order valence-corrected chi connectivity index (χ0v) is 12.8. The molecule has 0 unspecified atom stereocenters. The first-order chi connectivity index (χ1) is 8.94. The molecule has 2 aromatic rings. The first kappa shape index (κ1) is 14.2. The summed E-state index contributed by atoms with van der Waals surface area (Å²) in [5.41, 5.74) is 1.30. The summed E-state index contributed by atoms with van der Waals surface area (Å²) in [5.74, 6) is 0.901. The molecule has 0 saturated carbocycles. The van der Waals surface area contributed by atoms with E-state index in [9.17, 15) is 0 Å². The van der Waals surface area contributed by atoms with Gasteiger partial charge < -0.3 is 10.4 Å². The molecular weight excluding hydrogens is 258 g/mol. The van der Waals surface area contributed by atoms with Crippen LogP contribution in [-0.4, -0.2) is 28.2 Å². The molecule has 0 aliphatic heterocycles. The van der Waals surface area contributed by atoms with Gasteiger partial charge in [0, 0.05) is 18.0 Å². The third-order valence-electron chi connectivity index (χ3n) is 3.49. The van der Waals surface area contributed by atoms with E-state index in [4.69, 9.17) is 5.11 Å². The number of fused-ring (bicyclic) bond motifs is 1. The number of hydrogen-bond acceptors (Lipinski definition) is 5. The lowest BCUT2D eigenvalue weighted by molar-refractivity contribution is 0.220. The second-order valence-electron chi connectivity index (χ2n) is 5.68. The predicted molar refractivity (Wildman–Crippen MR) is 80.9 cm³/mol. The van der Waals surface area contributed by atoms with Crippen LogP contribution < -0.4 is 5.32 Å². The van der Waals surface area contributed by atoms with Gasteiger partial charge in [-0.15, -0.1) is 11.3 Å². The van der Waals surface area contributed by atoms with Crippen molar-refractivity contribution in [1.82, 2.24) is 9.97 Å². The Balaban J connectivity index is 2.26. The highest BCUT2D eigenvalue weighted by atomic mass is 32.1. The number of nitrogens with one attached hydrogen (secondary N) is 1. The van der Waals surface area contributed by atoms with Crippen molar-refractivity contribution in [2.75, 3.05) is 18.5 Å². The van der Waals surface area contributed by atoms with Crippen LogP contribution in [-0.2, 0) is 0 Å². The second kappa shape index (κ2) is 5.43. The summed E-state index contributed by atoms with van der Waals surface area (Å²) in [6.07, 6.45) is 2.38. The first-order valence-corrected chi connectivity index (χ1v) is 7.32. The van der Waals surface area contributed by atoms with E-state index >= 15 is 0 Å². The van der Waals surface area contributed by atoms with E-state index in [1.807, 2.05) is 0 Å². The molecule has 4 nitrogen and oxygen atoms in total. The summed E-state index contributed by atoms with van der Waals surface area (Å²) in [6, 6.07) is 0. The predicted octanol–water partition coefficient (Wildman–Crippen LogP) is 3.13. The maximum atomic E-state index is 9.07. The van der Waals surface area contributed by atoms with E-state index in [1.54, 1.807) is 17.7 Å². The van der Waals surface area contributed by atoms with E-state index in [0.29, 0.717) is 0 Å². The number of thiophene rings is 1. The van der Waals surface area contributed by atoms with E-state index in [1.165, 1.54) is 10.4 Å². The van der Waals surface area contributed by atoms with Gasteiger partial charge in [0.25, 0.3) is 0 Å². The van der Waals surface area contributed by atoms with Gasteiger partial charge in [-0.25, -0.2) is 9.97 Å². The third-order valence-corrected chi connectivity index (χ3v) is 4.60. The zero-order chi connectivity index (χ0) is 14.0. The lowest BCUT2D eigenvalue weighted by Crippen LogP contribution is -2.24. The molecule has 0 fully saturated rings. The summed E-state index contributed by atoms with van der Waals surface area (Å²) in [7, 11) is 0. The van der Waals surface area contributed by atoms with Crippen LogP contribution in [0.25, 0.3) is 10.2 Å². The van der Waals surface area contributed by atoms with Crippen molar-refractivity contribution in [3.8, 4) is 0 Å². The molecule has 19 heavy (non-hydrogen) atoms. The smallest absolute Gasteiger partial charge is 0.138 e. The minimum atomic E-state index is 0.0466. The molecule has 2 N–H and O–H groups in total. The van der Waals surface area contributed by atoms with Gasteiger partial charge in [-0.1, -0.05) is 13.8 Å². The number of aryl methyl sites for hydroxylation is 2. The van der Waals surface area contributed by atoms with E-state index in [0.717, 1.165) is 29.0 Å². The normalized spacial score (nSPS) is 12.1. The molecule has 0 aliphatic rings. The van der Waals surface area contributed by atoms with Gasteiger partial charge in [-0.2, -0.15) is 0 Å². The average molecular weight is 279 g/mol. The van der Waals surface area contributed by atoms with Crippen molar-refractivity contribution in [3.05, 3.63) is 16.8 Å². The zero-order valence-electron chi connectivity index (χ0n) is 11.9. The molecule has 2 rings (SSSR count). The highest BCUT2D eigenvalue weighted by Gasteiger charge is 2.18. The van der Waals surface area contributed by atoms with Crippen LogP contribution in [0.1, 0.15) is 30.7 Å². The lowest BCUT2D eigenvalue weighted by atomic mass is 9.90. The molecule has 0 radical (unpaired) electrons. The fourth-order valence-corrected chi connectivity index (χ4v) is 3.03. The Kier molecular flexibility index (Phi) is 4.06. The number of aromatic nitrogens is 2. The average Bonchev–Trinajstić information content (AvgIpc) is 2.63. The van der Waals surface area contributed by atoms with Crippen molar-refractivity contribution < 1.29 is 5.11 Å². The van der Waals surface area contributed by atoms with Gasteiger partial charge in [0.05, 0.1) is 5.39 Å². The molecule has 0 saturated heterocycles. The maximum absolute atomic E-state index is 9.07. The summed E-state index contributed by atoms with van der Waals surface area (Å²) < 4.78 is 0. The number of hydrogen-bond donors (Lipinski definition) is 2. The van der Waals surface area contributed by atoms with Crippen LogP contribution in [0.5, 0.6) is 0 Å². The minimum absolute atomic E-state index is 0.0466. The van der Waals surface area contributed by atoms with Crippen LogP contribution in [0.2, 0.25) is 0 Å². The number of rotatable bonds is 5. The SMILES string of the molecule is Cc1sc2ncnc(NCC(C)(C)CCO)c2c1C. The van der Waals surface area contributed by atoms with Crippen molar-refractivity contribution in [2.45, 2.75) is 34.1 Å². The molecule has 0 aliphatic carbocycles. The molecule has 2 aromatic heterocycles.